The van der Waals surface area contributed by atoms with Gasteiger partial charge in [-0.1, -0.05) is 18.2 Å². The van der Waals surface area contributed by atoms with Gasteiger partial charge >= 0.3 is 37.3 Å². The van der Waals surface area contributed by atoms with Gasteiger partial charge in [0.2, 0.25) is 0 Å². The zero-order valence-electron chi connectivity index (χ0n) is 5.64. The molecule has 0 atom stereocenters. The topological polar surface area (TPSA) is 69.6 Å². The van der Waals surface area contributed by atoms with E-state index < -0.39 is 7.75 Å². The first-order chi connectivity index (χ1) is 5.08. The van der Waals surface area contributed by atoms with Crippen molar-refractivity contribution in [1.82, 2.24) is 0 Å². The Kier molecular flexibility index (Phi) is 5.09. The summed E-state index contributed by atoms with van der Waals surface area (Å²) in [6, 6.07) is 8.32. The molecule has 0 aliphatic heterocycles. The quantitative estimate of drug-likeness (QED) is 0.478. The molecule has 12 heavy (non-hydrogen) atoms. The van der Waals surface area contributed by atoms with Crippen molar-refractivity contribution in [3.63, 3.8) is 0 Å². The van der Waals surface area contributed by atoms with E-state index in [2.05, 4.69) is 0 Å². The summed E-state index contributed by atoms with van der Waals surface area (Å²) < 4.78 is 10.4. The summed E-state index contributed by atoms with van der Waals surface area (Å²) in [5.41, 5.74) is 0.417. The fourth-order valence-electron chi connectivity index (χ4n) is 0.681. The van der Waals surface area contributed by atoms with Crippen molar-refractivity contribution in [3.05, 3.63) is 30.3 Å². The SMILES string of the molecule is O=P(O)(O)Nc1ccccc1.[NaH]. The number of hydrogen-bond acceptors (Lipinski definition) is 1. The van der Waals surface area contributed by atoms with Crippen LogP contribution in [0.2, 0.25) is 0 Å². The number of nitrogens with one attached hydrogen (secondary N) is 1. The number of rotatable bonds is 2. The molecule has 0 bridgehead atoms. The summed E-state index contributed by atoms with van der Waals surface area (Å²) in [4.78, 5) is 16.9. The van der Waals surface area contributed by atoms with E-state index in [-0.39, 0.29) is 29.6 Å². The van der Waals surface area contributed by atoms with E-state index in [1.807, 2.05) is 5.09 Å². The van der Waals surface area contributed by atoms with Gasteiger partial charge < -0.3 is 9.79 Å². The second-order valence-electron chi connectivity index (χ2n) is 2.02. The third kappa shape index (κ3) is 4.93. The van der Waals surface area contributed by atoms with E-state index in [1.54, 1.807) is 30.3 Å². The van der Waals surface area contributed by atoms with Crippen LogP contribution in [0.25, 0.3) is 0 Å². The van der Waals surface area contributed by atoms with E-state index in [0.29, 0.717) is 5.69 Å². The van der Waals surface area contributed by atoms with Gasteiger partial charge in [-0.25, -0.2) is 4.57 Å². The standard InChI is InChI=1S/C6H8NO3P.Na.H/c8-11(9,10)7-6-4-2-1-3-5-6;;/h1-5H,(H3,7,8,9,10);;. The minimum absolute atomic E-state index is 0. The molecular formula is C6H9NNaO3P. The van der Waals surface area contributed by atoms with E-state index in [0.717, 1.165) is 0 Å². The number of anilines is 1. The molecule has 0 aliphatic carbocycles. The van der Waals surface area contributed by atoms with Gasteiger partial charge in [0.15, 0.2) is 0 Å². The third-order valence-corrected chi connectivity index (χ3v) is 1.60. The molecule has 0 saturated heterocycles. The number of hydrogen-bond donors (Lipinski definition) is 3. The Bertz CT molecular complexity index is 273. The first-order valence-corrected chi connectivity index (χ1v) is 4.58. The van der Waals surface area contributed by atoms with Crippen molar-refractivity contribution in [2.75, 3.05) is 5.09 Å². The average molecular weight is 197 g/mol. The second-order valence-corrected chi connectivity index (χ2v) is 3.33. The minimum atomic E-state index is -4.14. The molecule has 1 aromatic rings. The Morgan fingerprint density at radius 2 is 1.67 bits per heavy atom. The number of para-hydroxylation sites is 1. The van der Waals surface area contributed by atoms with E-state index >= 15 is 0 Å². The van der Waals surface area contributed by atoms with Crippen molar-refractivity contribution in [3.8, 4) is 0 Å². The zero-order chi connectivity index (χ0) is 8.32. The first-order valence-electron chi connectivity index (χ1n) is 2.97. The van der Waals surface area contributed by atoms with Crippen LogP contribution in [0.3, 0.4) is 0 Å². The summed E-state index contributed by atoms with van der Waals surface area (Å²) in [7, 11) is -4.14. The molecule has 0 unspecified atom stereocenters. The second kappa shape index (κ2) is 5.02. The van der Waals surface area contributed by atoms with Crippen molar-refractivity contribution in [1.29, 1.82) is 0 Å². The van der Waals surface area contributed by atoms with Crippen molar-refractivity contribution in [2.45, 2.75) is 0 Å². The van der Waals surface area contributed by atoms with Crippen molar-refractivity contribution < 1.29 is 14.4 Å². The Balaban J connectivity index is 0.00000121. The molecule has 1 aromatic carbocycles. The predicted molar refractivity (Wildman–Crippen MR) is 49.3 cm³/mol. The van der Waals surface area contributed by atoms with Gasteiger partial charge in [0.25, 0.3) is 0 Å². The van der Waals surface area contributed by atoms with Crippen LogP contribution in [0.1, 0.15) is 0 Å². The monoisotopic (exact) mass is 197 g/mol. The molecule has 0 saturated carbocycles. The molecule has 62 valence electrons. The first kappa shape index (κ1) is 12.2. The van der Waals surface area contributed by atoms with Gasteiger partial charge in [0, 0.05) is 5.69 Å². The molecule has 4 nitrogen and oxygen atoms in total. The van der Waals surface area contributed by atoms with Gasteiger partial charge in [-0.05, 0) is 12.1 Å². The molecule has 1 rings (SSSR count). The molecule has 0 spiro atoms. The van der Waals surface area contributed by atoms with Crippen LogP contribution >= 0.6 is 7.75 Å². The fraction of sp³-hybridized carbons (Fsp3) is 0. The molecule has 3 N–H and O–H groups in total. The molecule has 0 amide bonds. The summed E-state index contributed by atoms with van der Waals surface area (Å²) in [6.45, 7) is 0. The maximum absolute atomic E-state index is 10.4. The van der Waals surface area contributed by atoms with Crippen LogP contribution in [0, 0.1) is 0 Å². The molecule has 0 aliphatic rings. The van der Waals surface area contributed by atoms with Gasteiger partial charge in [-0.3, -0.25) is 5.09 Å². The Morgan fingerprint density at radius 1 is 1.17 bits per heavy atom. The number of benzene rings is 1. The molecular weight excluding hydrogens is 188 g/mol. The summed E-state index contributed by atoms with van der Waals surface area (Å²) >= 11 is 0. The fourth-order valence-corrected chi connectivity index (χ4v) is 1.17. The molecule has 0 radical (unpaired) electrons. The van der Waals surface area contributed by atoms with Gasteiger partial charge in [-0.15, -0.1) is 0 Å². The molecule has 0 aromatic heterocycles. The van der Waals surface area contributed by atoms with E-state index in [9.17, 15) is 4.57 Å². The summed E-state index contributed by atoms with van der Waals surface area (Å²) in [6.07, 6.45) is 0. The molecule has 6 heteroatoms. The molecule has 0 heterocycles. The van der Waals surface area contributed by atoms with Crippen LogP contribution < -0.4 is 5.09 Å². The average Bonchev–Trinajstić information content (AvgIpc) is 1.85. The molecule has 0 fully saturated rings. The van der Waals surface area contributed by atoms with Gasteiger partial charge in [0.05, 0.1) is 0 Å². The van der Waals surface area contributed by atoms with E-state index in [1.165, 1.54) is 0 Å². The normalized spacial score (nSPS) is 10.2. The Morgan fingerprint density at radius 3 is 2.08 bits per heavy atom. The van der Waals surface area contributed by atoms with Crippen LogP contribution in [0.4, 0.5) is 5.69 Å². The Hall–Kier alpha value is 0.170. The predicted octanol–water partition coefficient (Wildman–Crippen LogP) is 0.543. The van der Waals surface area contributed by atoms with Crippen molar-refractivity contribution in [2.24, 2.45) is 0 Å². The van der Waals surface area contributed by atoms with Crippen molar-refractivity contribution >= 4 is 43.0 Å². The van der Waals surface area contributed by atoms with Gasteiger partial charge in [-0.2, -0.15) is 0 Å². The third-order valence-electron chi connectivity index (χ3n) is 1.05. The Labute approximate surface area is 92.5 Å². The van der Waals surface area contributed by atoms with Crippen LogP contribution in [-0.2, 0) is 4.57 Å². The van der Waals surface area contributed by atoms with E-state index in [4.69, 9.17) is 9.79 Å². The zero-order valence-corrected chi connectivity index (χ0v) is 6.53. The summed E-state index contributed by atoms with van der Waals surface area (Å²) in [5.74, 6) is 0. The summed E-state index contributed by atoms with van der Waals surface area (Å²) in [5, 5.41) is 2.05. The van der Waals surface area contributed by atoms with Crippen LogP contribution in [-0.4, -0.2) is 39.3 Å². The van der Waals surface area contributed by atoms with Crippen LogP contribution in [0.5, 0.6) is 0 Å². The maximum atomic E-state index is 10.4. The van der Waals surface area contributed by atoms with Crippen LogP contribution in [0.15, 0.2) is 30.3 Å². The van der Waals surface area contributed by atoms with Gasteiger partial charge in [0.1, 0.15) is 0 Å².